The summed E-state index contributed by atoms with van der Waals surface area (Å²) in [5.41, 5.74) is 1.76. The largest absolute Gasteiger partial charge is 0.490 e. The smallest absolute Gasteiger partial charge is 0.304 e. The summed E-state index contributed by atoms with van der Waals surface area (Å²) in [6.07, 6.45) is 7.75. The zero-order valence-corrected chi connectivity index (χ0v) is 17.8. The summed E-state index contributed by atoms with van der Waals surface area (Å²) >= 11 is 0. The van der Waals surface area contributed by atoms with Crippen LogP contribution >= 0.6 is 0 Å². The number of hydrogen-bond acceptors (Lipinski definition) is 3. The van der Waals surface area contributed by atoms with Crippen molar-refractivity contribution in [3.05, 3.63) is 29.8 Å². The number of piperidine rings is 1. The van der Waals surface area contributed by atoms with Crippen molar-refractivity contribution < 1.29 is 14.6 Å². The molecule has 0 aromatic heterocycles. The number of carbonyl (C=O) groups is 1. The number of likely N-dealkylation sites (tertiary alicyclic amines) is 1. The predicted molar refractivity (Wildman–Crippen MR) is 113 cm³/mol. The average Bonchev–Trinajstić information content (AvgIpc) is 2.67. The van der Waals surface area contributed by atoms with E-state index in [0.717, 1.165) is 44.0 Å². The van der Waals surface area contributed by atoms with Crippen molar-refractivity contribution in [1.29, 1.82) is 0 Å². The maximum absolute atomic E-state index is 10.8. The third-order valence-corrected chi connectivity index (χ3v) is 6.70. The maximum atomic E-state index is 10.8. The number of carboxylic acids is 1. The number of carboxylic acid groups (broad SMARTS) is 1. The molecule has 1 aromatic rings. The van der Waals surface area contributed by atoms with Crippen LogP contribution in [0.3, 0.4) is 0 Å². The number of rotatable bonds is 6. The van der Waals surface area contributed by atoms with Gasteiger partial charge in [-0.15, -0.1) is 0 Å². The van der Waals surface area contributed by atoms with Crippen molar-refractivity contribution >= 4 is 5.97 Å². The Morgan fingerprint density at radius 2 is 1.79 bits per heavy atom. The van der Waals surface area contributed by atoms with Gasteiger partial charge in [-0.05, 0) is 80.0 Å². The molecule has 1 aliphatic carbocycles. The van der Waals surface area contributed by atoms with E-state index < -0.39 is 5.97 Å². The van der Waals surface area contributed by atoms with Crippen LogP contribution in [0.2, 0.25) is 0 Å². The van der Waals surface area contributed by atoms with Crippen molar-refractivity contribution in [2.24, 2.45) is 11.3 Å². The SMILES string of the molecule is CC(C)(C)C1CCC(Oc2ccc(C3CCCN(CCC(=O)O)C3)cc2)CC1. The van der Waals surface area contributed by atoms with Crippen molar-refractivity contribution in [2.45, 2.75) is 77.7 Å². The number of benzene rings is 1. The molecule has 156 valence electrons. The fourth-order valence-electron chi connectivity index (χ4n) is 4.84. The second-order valence-corrected chi connectivity index (χ2v) is 9.81. The van der Waals surface area contributed by atoms with Crippen LogP contribution in [0.5, 0.6) is 5.75 Å². The van der Waals surface area contributed by atoms with E-state index in [0.29, 0.717) is 24.0 Å². The molecule has 2 fully saturated rings. The molecule has 4 heteroatoms. The molecular weight excluding hydrogens is 350 g/mol. The Hall–Kier alpha value is -1.55. The van der Waals surface area contributed by atoms with E-state index >= 15 is 0 Å². The van der Waals surface area contributed by atoms with Gasteiger partial charge < -0.3 is 14.7 Å². The van der Waals surface area contributed by atoms with Gasteiger partial charge in [-0.25, -0.2) is 0 Å². The van der Waals surface area contributed by atoms with Crippen molar-refractivity contribution in [2.75, 3.05) is 19.6 Å². The van der Waals surface area contributed by atoms with Gasteiger partial charge in [0.2, 0.25) is 0 Å². The molecule has 2 aliphatic rings. The molecule has 1 aromatic carbocycles. The first-order valence-corrected chi connectivity index (χ1v) is 11.0. The standard InChI is InChI=1S/C24H37NO3/c1-24(2,3)20-8-12-22(13-9-20)28-21-10-6-18(7-11-21)19-5-4-15-25(17-19)16-14-23(26)27/h6-7,10-11,19-20,22H,4-5,8-9,12-17H2,1-3H3,(H,26,27). The van der Waals surface area contributed by atoms with E-state index in [4.69, 9.17) is 9.84 Å². The topological polar surface area (TPSA) is 49.8 Å². The van der Waals surface area contributed by atoms with E-state index in [1.165, 1.54) is 24.8 Å². The van der Waals surface area contributed by atoms with E-state index in [9.17, 15) is 4.79 Å². The zero-order chi connectivity index (χ0) is 20.1. The Morgan fingerprint density at radius 1 is 1.11 bits per heavy atom. The fourth-order valence-corrected chi connectivity index (χ4v) is 4.84. The summed E-state index contributed by atoms with van der Waals surface area (Å²) in [6, 6.07) is 8.67. The van der Waals surface area contributed by atoms with Crippen LogP contribution in [0.15, 0.2) is 24.3 Å². The van der Waals surface area contributed by atoms with Gasteiger partial charge >= 0.3 is 5.97 Å². The molecule has 0 spiro atoms. The Bertz CT molecular complexity index is 626. The minimum atomic E-state index is -0.708. The Labute approximate surface area is 170 Å². The van der Waals surface area contributed by atoms with Crippen LogP contribution in [0, 0.1) is 11.3 Å². The van der Waals surface area contributed by atoms with Crippen LogP contribution in [0.4, 0.5) is 0 Å². The van der Waals surface area contributed by atoms with Crippen molar-refractivity contribution in [3.8, 4) is 5.75 Å². The molecule has 1 aliphatic heterocycles. The Kier molecular flexibility index (Phi) is 7.03. The summed E-state index contributed by atoms with van der Waals surface area (Å²) in [5, 5.41) is 8.91. The fraction of sp³-hybridized carbons (Fsp3) is 0.708. The maximum Gasteiger partial charge on any atom is 0.304 e. The molecule has 0 bridgehead atoms. The van der Waals surface area contributed by atoms with E-state index in [2.05, 4.69) is 49.9 Å². The second kappa shape index (κ2) is 9.30. The summed E-state index contributed by atoms with van der Waals surface area (Å²) in [7, 11) is 0. The van der Waals surface area contributed by atoms with E-state index in [1.807, 2.05) is 0 Å². The minimum Gasteiger partial charge on any atom is -0.490 e. The van der Waals surface area contributed by atoms with Gasteiger partial charge in [0, 0.05) is 13.1 Å². The highest BCUT2D eigenvalue weighted by atomic mass is 16.5. The lowest BCUT2D eigenvalue weighted by Gasteiger charge is -2.37. The lowest BCUT2D eigenvalue weighted by Crippen LogP contribution is -2.35. The molecule has 28 heavy (non-hydrogen) atoms. The molecule has 4 nitrogen and oxygen atoms in total. The molecule has 1 saturated carbocycles. The van der Waals surface area contributed by atoms with Crippen molar-refractivity contribution in [3.63, 3.8) is 0 Å². The molecule has 0 amide bonds. The Morgan fingerprint density at radius 3 is 2.39 bits per heavy atom. The number of ether oxygens (including phenoxy) is 1. The van der Waals surface area contributed by atoms with Gasteiger partial charge in [-0.3, -0.25) is 4.79 Å². The monoisotopic (exact) mass is 387 g/mol. The third kappa shape index (κ3) is 5.97. The number of aliphatic carboxylic acids is 1. The second-order valence-electron chi connectivity index (χ2n) is 9.81. The van der Waals surface area contributed by atoms with Crippen LogP contribution in [-0.4, -0.2) is 41.7 Å². The van der Waals surface area contributed by atoms with Crippen LogP contribution < -0.4 is 4.74 Å². The van der Waals surface area contributed by atoms with Crippen LogP contribution in [-0.2, 0) is 4.79 Å². The minimum absolute atomic E-state index is 0.233. The van der Waals surface area contributed by atoms with Gasteiger partial charge in [0.25, 0.3) is 0 Å². The van der Waals surface area contributed by atoms with Gasteiger partial charge in [0.15, 0.2) is 0 Å². The first kappa shape index (κ1) is 21.2. The van der Waals surface area contributed by atoms with E-state index in [-0.39, 0.29) is 6.42 Å². The van der Waals surface area contributed by atoms with Gasteiger partial charge in [-0.2, -0.15) is 0 Å². The summed E-state index contributed by atoms with van der Waals surface area (Å²) < 4.78 is 6.27. The van der Waals surface area contributed by atoms with Gasteiger partial charge in [0.05, 0.1) is 12.5 Å². The van der Waals surface area contributed by atoms with Crippen molar-refractivity contribution in [1.82, 2.24) is 4.90 Å². The molecule has 1 saturated heterocycles. The highest BCUT2D eigenvalue weighted by Crippen LogP contribution is 2.39. The Balaban J connectivity index is 1.49. The first-order chi connectivity index (χ1) is 13.3. The molecular formula is C24H37NO3. The average molecular weight is 388 g/mol. The molecule has 1 N–H and O–H groups in total. The molecule has 1 heterocycles. The van der Waals surface area contributed by atoms with Gasteiger partial charge in [0.1, 0.15) is 5.75 Å². The molecule has 1 atom stereocenters. The quantitative estimate of drug-likeness (QED) is 0.717. The highest BCUT2D eigenvalue weighted by molar-refractivity contribution is 5.66. The summed E-state index contributed by atoms with van der Waals surface area (Å²) in [4.78, 5) is 13.1. The predicted octanol–water partition coefficient (Wildman–Crippen LogP) is 5.32. The zero-order valence-electron chi connectivity index (χ0n) is 17.8. The van der Waals surface area contributed by atoms with Gasteiger partial charge in [-0.1, -0.05) is 32.9 Å². The van der Waals surface area contributed by atoms with Crippen LogP contribution in [0.1, 0.15) is 77.2 Å². The van der Waals surface area contributed by atoms with E-state index in [1.54, 1.807) is 0 Å². The normalized spacial score (nSPS) is 26.8. The lowest BCUT2D eigenvalue weighted by atomic mass is 9.72. The highest BCUT2D eigenvalue weighted by Gasteiger charge is 2.30. The van der Waals surface area contributed by atoms with Crippen LogP contribution in [0.25, 0.3) is 0 Å². The lowest BCUT2D eigenvalue weighted by molar-refractivity contribution is -0.137. The summed E-state index contributed by atoms with van der Waals surface area (Å²) in [6.45, 7) is 9.69. The molecule has 1 unspecified atom stereocenters. The third-order valence-electron chi connectivity index (χ3n) is 6.70. The molecule has 3 rings (SSSR count). The number of nitrogens with zero attached hydrogens (tertiary/aromatic N) is 1. The number of hydrogen-bond donors (Lipinski definition) is 1. The molecule has 0 radical (unpaired) electrons. The first-order valence-electron chi connectivity index (χ1n) is 11.0. The summed E-state index contributed by atoms with van der Waals surface area (Å²) in [5.74, 6) is 1.59.